The number of nitrogens with zero attached hydrogens (tertiary/aromatic N) is 2. The van der Waals surface area contributed by atoms with Crippen LogP contribution in [-0.2, 0) is 11.5 Å². The highest BCUT2D eigenvalue weighted by molar-refractivity contribution is 9.10. The van der Waals surface area contributed by atoms with Crippen molar-refractivity contribution in [3.8, 4) is 0 Å². The summed E-state index contributed by atoms with van der Waals surface area (Å²) in [6.45, 7) is 8.26. The van der Waals surface area contributed by atoms with Crippen LogP contribution < -0.4 is 0 Å². The van der Waals surface area contributed by atoms with Crippen molar-refractivity contribution in [1.82, 2.24) is 9.78 Å². The van der Waals surface area contributed by atoms with Crippen LogP contribution in [0.1, 0.15) is 0 Å². The van der Waals surface area contributed by atoms with Crippen molar-refractivity contribution in [2.45, 2.75) is 32.4 Å². The summed E-state index contributed by atoms with van der Waals surface area (Å²) in [6.07, 6.45) is 1.82. The maximum Gasteiger partial charge on any atom is 0.165 e. The van der Waals surface area contributed by atoms with E-state index >= 15 is 0 Å². The zero-order valence-corrected chi connectivity index (χ0v) is 12.6. The van der Waals surface area contributed by atoms with E-state index < -0.39 is 8.07 Å². The van der Waals surface area contributed by atoms with Gasteiger partial charge >= 0.3 is 0 Å². The van der Waals surface area contributed by atoms with Crippen LogP contribution in [0.25, 0.3) is 0 Å². The summed E-state index contributed by atoms with van der Waals surface area (Å²) in [5.41, 5.74) is 0. The molecule has 3 nitrogen and oxygen atoms in total. The van der Waals surface area contributed by atoms with Gasteiger partial charge in [-0.15, -0.1) is 0 Å². The van der Waals surface area contributed by atoms with Crippen LogP contribution in [0.4, 0.5) is 0 Å². The minimum atomic E-state index is -0.991. The molecule has 0 radical (unpaired) electrons. The van der Waals surface area contributed by atoms with Crippen LogP contribution >= 0.6 is 27.5 Å². The summed E-state index contributed by atoms with van der Waals surface area (Å²) in [6, 6.07) is 1.17. The normalized spacial score (nSPS) is 12.1. The SMILES string of the molecule is C[Si](C)(C)CCOCn1cc(Br)c(Cl)n1. The third-order valence-electron chi connectivity index (χ3n) is 1.90. The first-order valence-electron chi connectivity index (χ1n) is 4.85. The van der Waals surface area contributed by atoms with Crippen molar-refractivity contribution in [2.24, 2.45) is 0 Å². The standard InChI is InChI=1S/C9H16BrClN2OSi/c1-15(2,3)5-4-14-7-13-6-8(10)9(11)12-13/h6H,4-5,7H2,1-3H3. The van der Waals surface area contributed by atoms with E-state index in [2.05, 4.69) is 40.7 Å². The first-order valence-corrected chi connectivity index (χ1v) is 9.72. The topological polar surface area (TPSA) is 27.1 Å². The molecule has 86 valence electrons. The van der Waals surface area contributed by atoms with Crippen molar-refractivity contribution in [2.75, 3.05) is 6.61 Å². The average molecular weight is 312 g/mol. The molecule has 1 heterocycles. The Bertz CT molecular complexity index is 305. The van der Waals surface area contributed by atoms with E-state index in [-0.39, 0.29) is 0 Å². The van der Waals surface area contributed by atoms with E-state index in [4.69, 9.17) is 16.3 Å². The van der Waals surface area contributed by atoms with E-state index in [9.17, 15) is 0 Å². The molecule has 0 aliphatic rings. The smallest absolute Gasteiger partial charge is 0.165 e. The summed E-state index contributed by atoms with van der Waals surface area (Å²) in [4.78, 5) is 0. The molecular formula is C9H16BrClN2OSi. The summed E-state index contributed by atoms with van der Waals surface area (Å²) in [7, 11) is -0.991. The van der Waals surface area contributed by atoms with Gasteiger partial charge in [0, 0.05) is 20.9 Å². The second-order valence-corrected chi connectivity index (χ2v) is 11.5. The molecule has 0 atom stereocenters. The summed E-state index contributed by atoms with van der Waals surface area (Å²) in [5, 5.41) is 4.54. The molecule has 0 N–H and O–H groups in total. The Morgan fingerprint density at radius 3 is 2.67 bits per heavy atom. The highest BCUT2D eigenvalue weighted by Crippen LogP contribution is 2.19. The van der Waals surface area contributed by atoms with Crippen LogP contribution in [0.2, 0.25) is 30.8 Å². The Hall–Kier alpha value is 0.157. The number of halogens is 2. The molecule has 0 unspecified atom stereocenters. The van der Waals surface area contributed by atoms with E-state index in [0.717, 1.165) is 11.1 Å². The Kier molecular flexibility index (Phi) is 4.83. The summed E-state index contributed by atoms with van der Waals surface area (Å²) >= 11 is 9.08. The van der Waals surface area contributed by atoms with Gasteiger partial charge in [0.05, 0.1) is 4.47 Å². The molecule has 0 fully saturated rings. The zero-order chi connectivity index (χ0) is 11.5. The van der Waals surface area contributed by atoms with Crippen LogP contribution in [-0.4, -0.2) is 24.5 Å². The quantitative estimate of drug-likeness (QED) is 0.613. The molecule has 1 aromatic rings. The molecule has 1 aromatic heterocycles. The molecule has 15 heavy (non-hydrogen) atoms. The monoisotopic (exact) mass is 310 g/mol. The van der Waals surface area contributed by atoms with Crippen molar-refractivity contribution in [3.05, 3.63) is 15.8 Å². The molecule has 0 aliphatic carbocycles. The predicted octanol–water partition coefficient (Wildman–Crippen LogP) is 3.61. The second-order valence-electron chi connectivity index (χ2n) is 4.66. The predicted molar refractivity (Wildman–Crippen MR) is 69.0 cm³/mol. The fourth-order valence-electron chi connectivity index (χ4n) is 0.976. The van der Waals surface area contributed by atoms with Crippen molar-refractivity contribution in [3.63, 3.8) is 0 Å². The fourth-order valence-corrected chi connectivity index (χ4v) is 2.19. The minimum Gasteiger partial charge on any atom is -0.360 e. The van der Waals surface area contributed by atoms with Gasteiger partial charge in [0.2, 0.25) is 0 Å². The fraction of sp³-hybridized carbons (Fsp3) is 0.667. The van der Waals surface area contributed by atoms with E-state index in [1.807, 2.05) is 6.20 Å². The number of hydrogen-bond donors (Lipinski definition) is 0. The Labute approximate surface area is 105 Å². The molecule has 0 aliphatic heterocycles. The molecular weight excluding hydrogens is 296 g/mol. The molecule has 1 rings (SSSR count). The van der Waals surface area contributed by atoms with Gasteiger partial charge < -0.3 is 4.74 Å². The lowest BCUT2D eigenvalue weighted by atomic mass is 10.7. The molecule has 0 saturated heterocycles. The van der Waals surface area contributed by atoms with Crippen LogP contribution in [0.3, 0.4) is 0 Å². The largest absolute Gasteiger partial charge is 0.360 e. The Morgan fingerprint density at radius 2 is 2.20 bits per heavy atom. The van der Waals surface area contributed by atoms with Gasteiger partial charge in [-0.3, -0.25) is 0 Å². The lowest BCUT2D eigenvalue weighted by Gasteiger charge is -2.15. The minimum absolute atomic E-state index is 0.468. The number of aromatic nitrogens is 2. The van der Waals surface area contributed by atoms with Gasteiger partial charge in [0.1, 0.15) is 6.73 Å². The van der Waals surface area contributed by atoms with Crippen molar-refractivity contribution in [1.29, 1.82) is 0 Å². The summed E-state index contributed by atoms with van der Waals surface area (Å²) < 4.78 is 8.01. The Balaban J connectivity index is 2.26. The van der Waals surface area contributed by atoms with E-state index in [0.29, 0.717) is 11.9 Å². The lowest BCUT2D eigenvalue weighted by molar-refractivity contribution is 0.0786. The van der Waals surface area contributed by atoms with Gasteiger partial charge in [-0.25, -0.2) is 4.68 Å². The molecule has 0 bridgehead atoms. The van der Waals surface area contributed by atoms with Gasteiger partial charge in [-0.1, -0.05) is 31.2 Å². The van der Waals surface area contributed by atoms with Gasteiger partial charge in [-0.05, 0) is 22.0 Å². The first kappa shape index (κ1) is 13.2. The molecule has 0 spiro atoms. The average Bonchev–Trinajstić information content (AvgIpc) is 2.39. The maximum atomic E-state index is 5.79. The molecule has 6 heteroatoms. The summed E-state index contributed by atoms with van der Waals surface area (Å²) in [5.74, 6) is 0. The van der Waals surface area contributed by atoms with Gasteiger partial charge in [0.15, 0.2) is 5.15 Å². The highest BCUT2D eigenvalue weighted by Gasteiger charge is 2.12. The third-order valence-corrected chi connectivity index (χ3v) is 4.69. The zero-order valence-electron chi connectivity index (χ0n) is 9.26. The van der Waals surface area contributed by atoms with Crippen LogP contribution in [0, 0.1) is 0 Å². The van der Waals surface area contributed by atoms with E-state index in [1.165, 1.54) is 6.04 Å². The van der Waals surface area contributed by atoms with Crippen molar-refractivity contribution < 1.29 is 4.74 Å². The maximum absolute atomic E-state index is 5.79. The van der Waals surface area contributed by atoms with Crippen LogP contribution in [0.15, 0.2) is 10.7 Å². The molecule has 0 amide bonds. The molecule has 0 aromatic carbocycles. The second kappa shape index (κ2) is 5.47. The lowest BCUT2D eigenvalue weighted by Crippen LogP contribution is -2.22. The highest BCUT2D eigenvalue weighted by atomic mass is 79.9. The van der Waals surface area contributed by atoms with Crippen molar-refractivity contribution >= 4 is 35.6 Å². The van der Waals surface area contributed by atoms with E-state index in [1.54, 1.807) is 4.68 Å². The Morgan fingerprint density at radius 1 is 1.53 bits per heavy atom. The number of hydrogen-bond acceptors (Lipinski definition) is 2. The first-order chi connectivity index (χ1) is 6.88. The van der Waals surface area contributed by atoms with Gasteiger partial charge in [0.25, 0.3) is 0 Å². The van der Waals surface area contributed by atoms with Gasteiger partial charge in [-0.2, -0.15) is 5.10 Å². The van der Waals surface area contributed by atoms with Crippen LogP contribution in [0.5, 0.6) is 0 Å². The number of rotatable bonds is 5. The third kappa shape index (κ3) is 5.15. The number of ether oxygens (including phenoxy) is 1. The molecule has 0 saturated carbocycles.